The molecule has 146 valence electrons. The number of benzene rings is 2. The lowest BCUT2D eigenvalue weighted by Crippen LogP contribution is -2.67. The molecule has 0 unspecified atom stereocenters. The number of carboxylic acid groups (broad SMARTS) is 1. The average Bonchev–Trinajstić information content (AvgIpc) is 2.97. The quantitative estimate of drug-likeness (QED) is 0.857. The smallest absolute Gasteiger partial charge is 0.410 e. The topological polar surface area (TPSA) is 66.8 Å². The molecule has 7 heteroatoms. The van der Waals surface area contributed by atoms with E-state index in [0.29, 0.717) is 0 Å². The van der Waals surface area contributed by atoms with E-state index in [-0.39, 0.29) is 12.5 Å². The summed E-state index contributed by atoms with van der Waals surface area (Å²) in [7, 11) is 1.20. The first-order valence-corrected chi connectivity index (χ1v) is 8.95. The van der Waals surface area contributed by atoms with Gasteiger partial charge in [0.2, 0.25) is 0 Å². The fraction of sp³-hybridized carbons (Fsp3) is 0.333. The first-order valence-electron chi connectivity index (χ1n) is 8.95. The predicted molar refractivity (Wildman–Crippen MR) is 97.4 cm³/mol. The lowest BCUT2D eigenvalue weighted by Gasteiger charge is -2.48. The minimum atomic E-state index is -3.09. The van der Waals surface area contributed by atoms with Crippen molar-refractivity contribution in [1.29, 1.82) is 0 Å². The van der Waals surface area contributed by atoms with Crippen molar-refractivity contribution in [3.05, 3.63) is 59.7 Å². The molecule has 2 aromatic carbocycles. The molecule has 5 nitrogen and oxygen atoms in total. The number of ether oxygens (including phenoxy) is 1. The maximum Gasteiger partial charge on any atom is 0.410 e. The van der Waals surface area contributed by atoms with Crippen molar-refractivity contribution >= 4 is 12.1 Å². The molecule has 1 N–H and O–H groups in total. The summed E-state index contributed by atoms with van der Waals surface area (Å²) in [4.78, 5) is 24.8. The number of likely N-dealkylation sites (N-methyl/N-ethyl adjacent to an activating group) is 1. The van der Waals surface area contributed by atoms with Crippen LogP contribution in [0.4, 0.5) is 13.6 Å². The molecular weight excluding hydrogens is 368 g/mol. The van der Waals surface area contributed by atoms with Gasteiger partial charge in [-0.1, -0.05) is 48.5 Å². The molecule has 0 atom stereocenters. The molecule has 1 fully saturated rings. The molecule has 0 radical (unpaired) electrons. The summed E-state index contributed by atoms with van der Waals surface area (Å²) in [6.45, 7) is 0.00327. The zero-order valence-corrected chi connectivity index (χ0v) is 15.2. The van der Waals surface area contributed by atoms with Gasteiger partial charge in [-0.25, -0.2) is 18.4 Å². The van der Waals surface area contributed by atoms with Crippen LogP contribution in [-0.2, 0) is 9.53 Å². The maximum absolute atomic E-state index is 13.3. The molecule has 28 heavy (non-hydrogen) atoms. The van der Waals surface area contributed by atoms with Crippen LogP contribution in [0.2, 0.25) is 0 Å². The second-order valence-corrected chi connectivity index (χ2v) is 7.41. The highest BCUT2D eigenvalue weighted by molar-refractivity contribution is 5.86. The Kier molecular flexibility index (Phi) is 4.14. The van der Waals surface area contributed by atoms with Crippen molar-refractivity contribution < 1.29 is 28.2 Å². The molecule has 2 aliphatic carbocycles. The Morgan fingerprint density at radius 2 is 1.57 bits per heavy atom. The highest BCUT2D eigenvalue weighted by Crippen LogP contribution is 2.49. The van der Waals surface area contributed by atoms with Crippen LogP contribution < -0.4 is 0 Å². The lowest BCUT2D eigenvalue weighted by atomic mass is 9.72. The van der Waals surface area contributed by atoms with Gasteiger partial charge in [-0.3, -0.25) is 4.90 Å². The lowest BCUT2D eigenvalue weighted by molar-refractivity contribution is -0.193. The van der Waals surface area contributed by atoms with Crippen LogP contribution in [0.3, 0.4) is 0 Å². The van der Waals surface area contributed by atoms with E-state index in [1.165, 1.54) is 7.05 Å². The Balaban J connectivity index is 1.52. The van der Waals surface area contributed by atoms with E-state index in [2.05, 4.69) is 0 Å². The number of carbonyl (C=O) groups excluding carboxylic acids is 1. The van der Waals surface area contributed by atoms with Gasteiger partial charge in [0.05, 0.1) is 0 Å². The van der Waals surface area contributed by atoms with E-state index in [1.807, 2.05) is 48.5 Å². The Morgan fingerprint density at radius 3 is 2.04 bits per heavy atom. The van der Waals surface area contributed by atoms with Crippen LogP contribution in [0.25, 0.3) is 11.1 Å². The van der Waals surface area contributed by atoms with Gasteiger partial charge in [-0.2, -0.15) is 0 Å². The normalized spacial score (nSPS) is 18.5. The number of halogens is 2. The standard InChI is InChI=1S/C21H19F2NO4/c1-24(20(18(25)26)11-21(22,23)12-20)19(27)28-10-17-15-8-4-2-6-13(15)14-7-3-5-9-16(14)17/h2-9,17H,10-12H2,1H3,(H,25,26). The zero-order valence-electron chi connectivity index (χ0n) is 15.2. The second-order valence-electron chi connectivity index (χ2n) is 7.41. The third-order valence-electron chi connectivity index (χ3n) is 5.75. The number of amides is 1. The molecule has 1 saturated carbocycles. The number of carboxylic acids is 1. The molecular formula is C21H19F2NO4. The third kappa shape index (κ3) is 2.73. The van der Waals surface area contributed by atoms with Gasteiger partial charge in [0.15, 0.2) is 5.54 Å². The van der Waals surface area contributed by atoms with Crippen molar-refractivity contribution in [1.82, 2.24) is 4.90 Å². The Bertz CT molecular complexity index is 905. The van der Waals surface area contributed by atoms with Crippen molar-refractivity contribution in [2.24, 2.45) is 0 Å². The molecule has 0 aliphatic heterocycles. The van der Waals surface area contributed by atoms with E-state index >= 15 is 0 Å². The van der Waals surface area contributed by atoms with Crippen molar-refractivity contribution in [3.63, 3.8) is 0 Å². The first-order chi connectivity index (χ1) is 13.3. The zero-order chi connectivity index (χ0) is 20.1. The molecule has 2 aliphatic rings. The number of nitrogens with zero attached hydrogens (tertiary/aromatic N) is 1. The van der Waals surface area contributed by atoms with Crippen molar-refractivity contribution in [2.45, 2.75) is 30.2 Å². The van der Waals surface area contributed by atoms with Gasteiger partial charge in [0, 0.05) is 25.8 Å². The van der Waals surface area contributed by atoms with Crippen molar-refractivity contribution in [2.75, 3.05) is 13.7 Å². The van der Waals surface area contributed by atoms with Gasteiger partial charge in [-0.15, -0.1) is 0 Å². The monoisotopic (exact) mass is 387 g/mol. The van der Waals surface area contributed by atoms with Crippen LogP contribution in [0.5, 0.6) is 0 Å². The van der Waals surface area contributed by atoms with Gasteiger partial charge in [-0.05, 0) is 22.3 Å². The van der Waals surface area contributed by atoms with Crippen LogP contribution in [0.1, 0.15) is 29.9 Å². The molecule has 4 rings (SSSR count). The van der Waals surface area contributed by atoms with Crippen molar-refractivity contribution in [3.8, 4) is 11.1 Å². The second kappa shape index (κ2) is 6.29. The van der Waals surface area contributed by atoms with E-state index in [9.17, 15) is 23.5 Å². The van der Waals surface area contributed by atoms with Crippen LogP contribution in [-0.4, -0.2) is 47.2 Å². The molecule has 0 saturated heterocycles. The Morgan fingerprint density at radius 1 is 1.07 bits per heavy atom. The van der Waals surface area contributed by atoms with Gasteiger partial charge in [0.25, 0.3) is 5.92 Å². The first kappa shape index (κ1) is 18.4. The van der Waals surface area contributed by atoms with E-state index in [0.717, 1.165) is 27.2 Å². The average molecular weight is 387 g/mol. The highest BCUT2D eigenvalue weighted by atomic mass is 19.3. The molecule has 0 heterocycles. The maximum atomic E-state index is 13.3. The molecule has 0 spiro atoms. The summed E-state index contributed by atoms with van der Waals surface area (Å²) in [6, 6.07) is 15.6. The predicted octanol–water partition coefficient (Wildman–Crippen LogP) is 4.12. The summed E-state index contributed by atoms with van der Waals surface area (Å²) in [5.41, 5.74) is 2.23. The van der Waals surface area contributed by atoms with Gasteiger partial charge < -0.3 is 9.84 Å². The summed E-state index contributed by atoms with van der Waals surface area (Å²) in [5.74, 6) is -4.72. The van der Waals surface area contributed by atoms with E-state index in [1.54, 1.807) is 0 Å². The number of fused-ring (bicyclic) bond motifs is 3. The van der Waals surface area contributed by atoms with E-state index in [4.69, 9.17) is 4.74 Å². The fourth-order valence-corrected chi connectivity index (χ4v) is 4.20. The molecule has 0 aromatic heterocycles. The summed E-state index contributed by atoms with van der Waals surface area (Å²) < 4.78 is 32.1. The van der Waals surface area contributed by atoms with Gasteiger partial charge >= 0.3 is 12.1 Å². The largest absolute Gasteiger partial charge is 0.479 e. The van der Waals surface area contributed by atoms with Gasteiger partial charge in [0.1, 0.15) is 6.61 Å². The molecule has 2 aromatic rings. The number of alkyl halides is 2. The SMILES string of the molecule is CN(C(=O)OCC1c2ccccc2-c2ccccc21)C1(C(=O)O)CC(F)(F)C1. The third-order valence-corrected chi connectivity index (χ3v) is 5.75. The number of carbonyl (C=O) groups is 2. The van der Waals surface area contributed by atoms with Crippen LogP contribution in [0, 0.1) is 0 Å². The number of aliphatic carboxylic acids is 1. The van der Waals surface area contributed by atoms with Crippen LogP contribution in [0.15, 0.2) is 48.5 Å². The number of hydrogen-bond donors (Lipinski definition) is 1. The summed E-state index contributed by atoms with van der Waals surface area (Å²) in [6.07, 6.45) is -2.73. The Hall–Kier alpha value is -2.96. The Labute approximate surface area is 160 Å². The molecule has 1 amide bonds. The van der Waals surface area contributed by atoms with Crippen LogP contribution >= 0.6 is 0 Å². The fourth-order valence-electron chi connectivity index (χ4n) is 4.20. The summed E-state index contributed by atoms with van der Waals surface area (Å²) in [5, 5.41) is 9.39. The number of rotatable bonds is 4. The molecule has 0 bridgehead atoms. The minimum Gasteiger partial charge on any atom is -0.479 e. The highest BCUT2D eigenvalue weighted by Gasteiger charge is 2.65. The van der Waals surface area contributed by atoms with E-state index < -0.39 is 36.4 Å². The summed E-state index contributed by atoms with van der Waals surface area (Å²) >= 11 is 0. The minimum absolute atomic E-state index is 0.00327. The number of hydrogen-bond acceptors (Lipinski definition) is 3.